The number of rotatable bonds is 0. The fourth-order valence-corrected chi connectivity index (χ4v) is 1.74. The fraction of sp³-hybridized carbons (Fsp3) is 0.700. The third-order valence-electron chi connectivity index (χ3n) is 2.39. The Hall–Kier alpha value is -0.990. The molecule has 0 atom stereocenters. The minimum absolute atomic E-state index is 0.140. The van der Waals surface area contributed by atoms with E-state index in [1.807, 2.05) is 0 Å². The van der Waals surface area contributed by atoms with Crippen molar-refractivity contribution in [3.8, 4) is 5.88 Å². The molecule has 2 rings (SSSR count). The first-order valence-corrected chi connectivity index (χ1v) is 4.79. The molecule has 0 fully saturated rings. The van der Waals surface area contributed by atoms with E-state index in [4.69, 9.17) is 4.74 Å². The lowest BCUT2D eigenvalue weighted by molar-refractivity contribution is 0.277. The summed E-state index contributed by atoms with van der Waals surface area (Å²) in [4.78, 5) is 0. The van der Waals surface area contributed by atoms with Gasteiger partial charge < -0.3 is 4.74 Å². The van der Waals surface area contributed by atoms with Gasteiger partial charge in [0.1, 0.15) is 0 Å². The monoisotopic (exact) mass is 180 g/mol. The summed E-state index contributed by atoms with van der Waals surface area (Å²) >= 11 is 0. The van der Waals surface area contributed by atoms with Crippen molar-refractivity contribution in [3.05, 3.63) is 11.3 Å². The molecular formula is C10H16N2O. The molecule has 1 N–H and O–H groups in total. The fourth-order valence-electron chi connectivity index (χ4n) is 1.74. The molecule has 0 saturated heterocycles. The highest BCUT2D eigenvalue weighted by Gasteiger charge is 2.25. The van der Waals surface area contributed by atoms with Gasteiger partial charge in [0, 0.05) is 16.7 Å². The third kappa shape index (κ3) is 1.43. The lowest BCUT2D eigenvalue weighted by atomic mass is 9.88. The predicted molar refractivity (Wildman–Crippen MR) is 51.1 cm³/mol. The van der Waals surface area contributed by atoms with Crippen LogP contribution in [0.4, 0.5) is 0 Å². The number of hydrogen-bond donors (Lipinski definition) is 1. The van der Waals surface area contributed by atoms with Gasteiger partial charge >= 0.3 is 0 Å². The molecule has 1 aliphatic rings. The van der Waals surface area contributed by atoms with Gasteiger partial charge in [-0.2, -0.15) is 0 Å². The molecule has 1 aliphatic heterocycles. The van der Waals surface area contributed by atoms with E-state index in [1.54, 1.807) is 0 Å². The average Bonchev–Trinajstić information content (AvgIpc) is 2.45. The van der Waals surface area contributed by atoms with E-state index in [2.05, 4.69) is 31.0 Å². The van der Waals surface area contributed by atoms with Crippen LogP contribution in [0.1, 0.15) is 38.4 Å². The summed E-state index contributed by atoms with van der Waals surface area (Å²) < 4.78 is 5.46. The van der Waals surface area contributed by atoms with Gasteiger partial charge in [0.2, 0.25) is 5.88 Å². The Balaban J connectivity index is 2.43. The third-order valence-corrected chi connectivity index (χ3v) is 2.39. The zero-order valence-electron chi connectivity index (χ0n) is 8.48. The maximum absolute atomic E-state index is 5.46. The second-order valence-electron chi connectivity index (χ2n) is 4.58. The summed E-state index contributed by atoms with van der Waals surface area (Å²) in [7, 11) is 0. The average molecular weight is 180 g/mol. The molecule has 3 heteroatoms. The Labute approximate surface area is 78.5 Å². The first kappa shape index (κ1) is 8.60. The van der Waals surface area contributed by atoms with Gasteiger partial charge in [-0.15, -0.1) is 5.10 Å². The maximum Gasteiger partial charge on any atom is 0.236 e. The molecule has 72 valence electrons. The first-order valence-electron chi connectivity index (χ1n) is 4.79. The normalized spacial score (nSPS) is 16.5. The highest BCUT2D eigenvalue weighted by atomic mass is 16.5. The largest absolute Gasteiger partial charge is 0.476 e. The summed E-state index contributed by atoms with van der Waals surface area (Å²) in [5.74, 6) is 0.816. The van der Waals surface area contributed by atoms with E-state index in [0.717, 1.165) is 25.3 Å². The van der Waals surface area contributed by atoms with Gasteiger partial charge in [-0.1, -0.05) is 20.8 Å². The second kappa shape index (κ2) is 2.76. The topological polar surface area (TPSA) is 37.9 Å². The minimum Gasteiger partial charge on any atom is -0.476 e. The Morgan fingerprint density at radius 2 is 2.15 bits per heavy atom. The van der Waals surface area contributed by atoms with E-state index >= 15 is 0 Å². The lowest BCUT2D eigenvalue weighted by Gasteiger charge is -2.20. The number of hydrogen-bond acceptors (Lipinski definition) is 2. The Morgan fingerprint density at radius 3 is 2.85 bits per heavy atom. The van der Waals surface area contributed by atoms with Gasteiger partial charge in [0.25, 0.3) is 0 Å². The van der Waals surface area contributed by atoms with Crippen LogP contribution in [0, 0.1) is 0 Å². The zero-order valence-corrected chi connectivity index (χ0v) is 8.48. The summed E-state index contributed by atoms with van der Waals surface area (Å²) in [6.45, 7) is 7.38. The van der Waals surface area contributed by atoms with Crippen molar-refractivity contribution in [3.63, 3.8) is 0 Å². The van der Waals surface area contributed by atoms with Gasteiger partial charge in [-0.05, 0) is 12.8 Å². The van der Waals surface area contributed by atoms with Crippen molar-refractivity contribution in [2.45, 2.75) is 39.0 Å². The van der Waals surface area contributed by atoms with Crippen LogP contribution in [0.15, 0.2) is 0 Å². The maximum atomic E-state index is 5.46. The van der Waals surface area contributed by atoms with E-state index in [0.29, 0.717) is 0 Å². The lowest BCUT2D eigenvalue weighted by Crippen LogP contribution is -2.16. The van der Waals surface area contributed by atoms with Gasteiger partial charge in [-0.3, -0.25) is 5.10 Å². The molecule has 0 unspecified atom stereocenters. The molecule has 0 saturated carbocycles. The van der Waals surface area contributed by atoms with Crippen LogP contribution in [0.3, 0.4) is 0 Å². The molecule has 0 aromatic carbocycles. The Morgan fingerprint density at radius 1 is 1.38 bits per heavy atom. The molecule has 13 heavy (non-hydrogen) atoms. The molecule has 1 aromatic heterocycles. The van der Waals surface area contributed by atoms with Crippen LogP contribution in [0.2, 0.25) is 0 Å². The smallest absolute Gasteiger partial charge is 0.236 e. The molecule has 0 aliphatic carbocycles. The van der Waals surface area contributed by atoms with Crippen molar-refractivity contribution < 1.29 is 4.74 Å². The standard InChI is InChI=1S/C10H16N2O/c1-10(2,3)8-7-5-4-6-13-9(7)12-11-8/h4-6H2,1-3H3,(H,11,12). The molecule has 0 radical (unpaired) electrons. The van der Waals surface area contributed by atoms with Gasteiger partial charge in [0.05, 0.1) is 6.61 Å². The SMILES string of the molecule is CC(C)(C)c1[nH]nc2c1CCCO2. The highest BCUT2D eigenvalue weighted by Crippen LogP contribution is 2.32. The number of aromatic nitrogens is 2. The van der Waals surface area contributed by atoms with Crippen molar-refractivity contribution >= 4 is 0 Å². The Bertz CT molecular complexity index is 309. The van der Waals surface area contributed by atoms with Crippen LogP contribution in [0.25, 0.3) is 0 Å². The number of nitrogens with zero attached hydrogens (tertiary/aromatic N) is 1. The summed E-state index contributed by atoms with van der Waals surface area (Å²) in [5.41, 5.74) is 2.64. The van der Waals surface area contributed by atoms with Crippen LogP contribution in [-0.2, 0) is 11.8 Å². The quantitative estimate of drug-likeness (QED) is 0.663. The minimum atomic E-state index is 0.140. The van der Waals surface area contributed by atoms with Crippen molar-refractivity contribution in [2.24, 2.45) is 0 Å². The summed E-state index contributed by atoms with van der Waals surface area (Å²) in [6, 6.07) is 0. The molecule has 0 bridgehead atoms. The second-order valence-corrected chi connectivity index (χ2v) is 4.58. The number of aromatic amines is 1. The van der Waals surface area contributed by atoms with Crippen LogP contribution < -0.4 is 4.74 Å². The molecular weight excluding hydrogens is 164 g/mol. The van der Waals surface area contributed by atoms with Crippen LogP contribution in [-0.4, -0.2) is 16.8 Å². The number of ether oxygens (including phenoxy) is 1. The van der Waals surface area contributed by atoms with Crippen molar-refractivity contribution in [1.82, 2.24) is 10.2 Å². The number of nitrogens with one attached hydrogen (secondary N) is 1. The summed E-state index contributed by atoms with van der Waals surface area (Å²) in [5, 5.41) is 7.26. The van der Waals surface area contributed by atoms with Gasteiger partial charge in [-0.25, -0.2) is 0 Å². The van der Waals surface area contributed by atoms with E-state index < -0.39 is 0 Å². The van der Waals surface area contributed by atoms with Crippen LogP contribution in [0.5, 0.6) is 5.88 Å². The van der Waals surface area contributed by atoms with E-state index in [-0.39, 0.29) is 5.41 Å². The Kier molecular flexibility index (Phi) is 1.82. The van der Waals surface area contributed by atoms with E-state index in [1.165, 1.54) is 11.3 Å². The first-order chi connectivity index (χ1) is 6.09. The molecule has 0 amide bonds. The van der Waals surface area contributed by atoms with E-state index in [9.17, 15) is 0 Å². The van der Waals surface area contributed by atoms with Crippen LogP contribution >= 0.6 is 0 Å². The van der Waals surface area contributed by atoms with Gasteiger partial charge in [0.15, 0.2) is 0 Å². The molecule has 1 aromatic rings. The molecule has 3 nitrogen and oxygen atoms in total. The predicted octanol–water partition coefficient (Wildman–Crippen LogP) is 2.03. The number of H-pyrrole nitrogens is 1. The molecule has 2 heterocycles. The highest BCUT2D eigenvalue weighted by molar-refractivity contribution is 5.35. The van der Waals surface area contributed by atoms with Crippen molar-refractivity contribution in [2.75, 3.05) is 6.61 Å². The summed E-state index contributed by atoms with van der Waals surface area (Å²) in [6.07, 6.45) is 2.20. The number of fused-ring (bicyclic) bond motifs is 1. The zero-order chi connectivity index (χ0) is 9.47. The molecule has 0 spiro atoms. The van der Waals surface area contributed by atoms with Crippen molar-refractivity contribution in [1.29, 1.82) is 0 Å².